The van der Waals surface area contributed by atoms with Gasteiger partial charge in [0, 0.05) is 25.2 Å². The monoisotopic (exact) mass is 353 g/mol. The number of benzene rings is 1. The third kappa shape index (κ3) is 3.75. The van der Waals surface area contributed by atoms with Crippen molar-refractivity contribution < 1.29 is 4.79 Å². The highest BCUT2D eigenvalue weighted by Crippen LogP contribution is 2.21. The predicted octanol–water partition coefficient (Wildman–Crippen LogP) is 2.94. The fourth-order valence-electron chi connectivity index (χ4n) is 4.04. The Labute approximate surface area is 154 Å². The van der Waals surface area contributed by atoms with Gasteiger partial charge in [-0.25, -0.2) is 9.48 Å². The summed E-state index contributed by atoms with van der Waals surface area (Å²) < 4.78 is 1.87. The average Bonchev–Trinajstić information content (AvgIpc) is 3.37. The number of aromatic nitrogens is 2. The molecule has 2 fully saturated rings. The van der Waals surface area contributed by atoms with Gasteiger partial charge in [0.2, 0.25) is 0 Å². The first-order valence-electron chi connectivity index (χ1n) is 9.57. The van der Waals surface area contributed by atoms with Gasteiger partial charge in [-0.05, 0) is 44.8 Å². The zero-order chi connectivity index (χ0) is 17.9. The standard InChI is InChI=1S/C20H27N5O/c1-16-13-19(25(22-16)14-17-7-3-2-4-8-17)21-20(26)24-12-9-18(15-24)23-10-5-6-11-23/h2-4,7-8,13,18H,5-6,9-12,14-15H2,1H3,(H,21,26). The second-order valence-corrected chi connectivity index (χ2v) is 7.38. The molecule has 1 aromatic heterocycles. The Morgan fingerprint density at radius 3 is 2.73 bits per heavy atom. The average molecular weight is 353 g/mol. The molecule has 0 bridgehead atoms. The van der Waals surface area contributed by atoms with Gasteiger partial charge in [-0.3, -0.25) is 10.2 Å². The first-order chi connectivity index (χ1) is 12.7. The van der Waals surface area contributed by atoms with Crippen LogP contribution < -0.4 is 5.32 Å². The van der Waals surface area contributed by atoms with Gasteiger partial charge in [-0.2, -0.15) is 5.10 Å². The molecule has 2 aliphatic heterocycles. The van der Waals surface area contributed by atoms with Crippen LogP contribution in [0.4, 0.5) is 10.6 Å². The van der Waals surface area contributed by atoms with E-state index in [4.69, 9.17) is 0 Å². The minimum absolute atomic E-state index is 0.0130. The van der Waals surface area contributed by atoms with Gasteiger partial charge in [0.1, 0.15) is 5.82 Å². The van der Waals surface area contributed by atoms with E-state index in [2.05, 4.69) is 27.4 Å². The molecule has 0 radical (unpaired) electrons. The van der Waals surface area contributed by atoms with Gasteiger partial charge < -0.3 is 4.90 Å². The molecule has 2 aromatic rings. The molecule has 1 atom stereocenters. The van der Waals surface area contributed by atoms with E-state index in [1.807, 2.05) is 40.8 Å². The number of likely N-dealkylation sites (tertiary alicyclic amines) is 2. The first-order valence-corrected chi connectivity index (χ1v) is 9.57. The zero-order valence-electron chi connectivity index (χ0n) is 15.4. The topological polar surface area (TPSA) is 53.4 Å². The summed E-state index contributed by atoms with van der Waals surface area (Å²) in [5, 5.41) is 7.61. The van der Waals surface area contributed by atoms with Crippen molar-refractivity contribution in [3.63, 3.8) is 0 Å². The van der Waals surface area contributed by atoms with Crippen LogP contribution in [0.15, 0.2) is 36.4 Å². The summed E-state index contributed by atoms with van der Waals surface area (Å²) in [6, 6.07) is 12.6. The summed E-state index contributed by atoms with van der Waals surface area (Å²) in [6.45, 7) is 6.64. The largest absolute Gasteiger partial charge is 0.323 e. The number of carbonyl (C=O) groups excluding carboxylic acids is 1. The predicted molar refractivity (Wildman–Crippen MR) is 102 cm³/mol. The number of nitrogens with one attached hydrogen (secondary N) is 1. The van der Waals surface area contributed by atoms with Crippen LogP contribution in [-0.4, -0.2) is 57.8 Å². The van der Waals surface area contributed by atoms with E-state index in [0.29, 0.717) is 12.6 Å². The normalized spacial score (nSPS) is 20.7. The van der Waals surface area contributed by atoms with Gasteiger partial charge >= 0.3 is 6.03 Å². The summed E-state index contributed by atoms with van der Waals surface area (Å²) in [4.78, 5) is 17.2. The van der Waals surface area contributed by atoms with Crippen molar-refractivity contribution in [3.8, 4) is 0 Å². The zero-order valence-corrected chi connectivity index (χ0v) is 15.4. The number of carbonyl (C=O) groups is 1. The molecular formula is C20H27N5O. The number of hydrogen-bond donors (Lipinski definition) is 1. The lowest BCUT2D eigenvalue weighted by Crippen LogP contribution is -2.39. The van der Waals surface area contributed by atoms with Crippen molar-refractivity contribution in [2.24, 2.45) is 0 Å². The molecule has 26 heavy (non-hydrogen) atoms. The molecule has 1 unspecified atom stereocenters. The highest BCUT2D eigenvalue weighted by molar-refractivity contribution is 5.88. The number of anilines is 1. The van der Waals surface area contributed by atoms with Crippen LogP contribution in [0.1, 0.15) is 30.5 Å². The Balaban J connectivity index is 1.40. The minimum Gasteiger partial charge on any atom is -0.323 e. The van der Waals surface area contributed by atoms with Crippen molar-refractivity contribution in [3.05, 3.63) is 47.7 Å². The number of nitrogens with zero attached hydrogens (tertiary/aromatic N) is 4. The maximum atomic E-state index is 12.7. The van der Waals surface area contributed by atoms with Crippen molar-refractivity contribution >= 4 is 11.8 Å². The van der Waals surface area contributed by atoms with Crippen molar-refractivity contribution in [2.45, 2.75) is 38.8 Å². The quantitative estimate of drug-likeness (QED) is 0.919. The Hall–Kier alpha value is -2.34. The summed E-state index contributed by atoms with van der Waals surface area (Å²) in [6.07, 6.45) is 3.66. The lowest BCUT2D eigenvalue weighted by atomic mass is 10.2. The third-order valence-corrected chi connectivity index (χ3v) is 5.42. The van der Waals surface area contributed by atoms with E-state index in [9.17, 15) is 4.79 Å². The van der Waals surface area contributed by atoms with Crippen LogP contribution in [0.25, 0.3) is 0 Å². The number of amides is 2. The van der Waals surface area contributed by atoms with Gasteiger partial charge in [0.15, 0.2) is 0 Å². The second-order valence-electron chi connectivity index (χ2n) is 7.38. The van der Waals surface area contributed by atoms with E-state index in [1.165, 1.54) is 31.5 Å². The van der Waals surface area contributed by atoms with Gasteiger partial charge in [-0.15, -0.1) is 0 Å². The molecule has 2 aliphatic rings. The molecule has 2 saturated heterocycles. The smallest absolute Gasteiger partial charge is 0.323 e. The Kier molecular flexibility index (Phi) is 4.93. The van der Waals surface area contributed by atoms with Crippen molar-refractivity contribution in [1.29, 1.82) is 0 Å². The number of rotatable bonds is 4. The molecule has 1 aromatic carbocycles. The number of hydrogen-bond acceptors (Lipinski definition) is 3. The molecule has 3 heterocycles. The highest BCUT2D eigenvalue weighted by Gasteiger charge is 2.31. The van der Waals surface area contributed by atoms with Crippen LogP contribution in [0.3, 0.4) is 0 Å². The van der Waals surface area contributed by atoms with Gasteiger partial charge in [0.25, 0.3) is 0 Å². The molecule has 1 N–H and O–H groups in total. The molecule has 6 heteroatoms. The lowest BCUT2D eigenvalue weighted by molar-refractivity contribution is 0.210. The van der Waals surface area contributed by atoms with Crippen LogP contribution in [0.5, 0.6) is 0 Å². The van der Waals surface area contributed by atoms with Crippen molar-refractivity contribution in [2.75, 3.05) is 31.5 Å². The molecule has 6 nitrogen and oxygen atoms in total. The van der Waals surface area contributed by atoms with E-state index in [0.717, 1.165) is 31.0 Å². The van der Waals surface area contributed by atoms with Crippen LogP contribution >= 0.6 is 0 Å². The molecule has 0 spiro atoms. The number of aryl methyl sites for hydroxylation is 1. The SMILES string of the molecule is Cc1cc(NC(=O)N2CCC(N3CCCC3)C2)n(Cc2ccccc2)n1. The van der Waals surface area contributed by atoms with E-state index < -0.39 is 0 Å². The van der Waals surface area contributed by atoms with E-state index >= 15 is 0 Å². The summed E-state index contributed by atoms with van der Waals surface area (Å²) in [7, 11) is 0. The van der Waals surface area contributed by atoms with Crippen LogP contribution in [0, 0.1) is 6.92 Å². The fraction of sp³-hybridized carbons (Fsp3) is 0.500. The fourth-order valence-corrected chi connectivity index (χ4v) is 4.04. The molecular weight excluding hydrogens is 326 g/mol. The first kappa shape index (κ1) is 17.1. The third-order valence-electron chi connectivity index (χ3n) is 5.42. The molecule has 2 amide bonds. The van der Waals surface area contributed by atoms with Crippen LogP contribution in [-0.2, 0) is 6.54 Å². The lowest BCUT2D eigenvalue weighted by Gasteiger charge is -2.23. The minimum atomic E-state index is -0.0130. The summed E-state index contributed by atoms with van der Waals surface area (Å²) in [5.41, 5.74) is 2.08. The second kappa shape index (κ2) is 7.50. The Morgan fingerprint density at radius 2 is 1.96 bits per heavy atom. The van der Waals surface area contributed by atoms with E-state index in [1.54, 1.807) is 0 Å². The van der Waals surface area contributed by atoms with Crippen molar-refractivity contribution in [1.82, 2.24) is 19.6 Å². The molecule has 4 rings (SSSR count). The van der Waals surface area contributed by atoms with Crippen LogP contribution in [0.2, 0.25) is 0 Å². The van der Waals surface area contributed by atoms with E-state index in [-0.39, 0.29) is 6.03 Å². The summed E-state index contributed by atoms with van der Waals surface area (Å²) >= 11 is 0. The maximum absolute atomic E-state index is 12.7. The molecule has 138 valence electrons. The summed E-state index contributed by atoms with van der Waals surface area (Å²) in [5.74, 6) is 0.765. The molecule has 0 aliphatic carbocycles. The Bertz CT molecular complexity index is 751. The molecule has 0 saturated carbocycles. The number of urea groups is 1. The Morgan fingerprint density at radius 1 is 1.19 bits per heavy atom. The van der Waals surface area contributed by atoms with Gasteiger partial charge in [0.05, 0.1) is 12.2 Å². The highest BCUT2D eigenvalue weighted by atomic mass is 16.2. The van der Waals surface area contributed by atoms with Gasteiger partial charge in [-0.1, -0.05) is 30.3 Å². The maximum Gasteiger partial charge on any atom is 0.323 e.